The smallest absolute Gasteiger partial charge is 1.00 e. The van der Waals surface area contributed by atoms with Crippen LogP contribution in [0.4, 0.5) is 0 Å². The van der Waals surface area contributed by atoms with Gasteiger partial charge in [0.05, 0.1) is 6.61 Å². The van der Waals surface area contributed by atoms with Gasteiger partial charge >= 0.3 is 49.7 Å². The van der Waals surface area contributed by atoms with Crippen molar-refractivity contribution in [2.24, 2.45) is 0 Å². The van der Waals surface area contributed by atoms with E-state index in [1.807, 2.05) is 0 Å². The molecule has 0 bridgehead atoms. The Labute approximate surface area is 186 Å². The zero-order valence-electron chi connectivity index (χ0n) is 18.1. The number of esters is 1. The molecule has 0 saturated heterocycles. The fourth-order valence-corrected chi connectivity index (χ4v) is 2.66. The molecular weight excluding hydrogens is 344 g/mol. The third-order valence-corrected chi connectivity index (χ3v) is 4.10. The van der Waals surface area contributed by atoms with E-state index < -0.39 is 11.9 Å². The van der Waals surface area contributed by atoms with Crippen molar-refractivity contribution in [3.05, 3.63) is 12.2 Å². The molecule has 0 aliphatic heterocycles. The van der Waals surface area contributed by atoms with Crippen LogP contribution in [0.15, 0.2) is 12.2 Å². The second kappa shape index (κ2) is 22.0. The molecule has 0 spiro atoms. The number of hydrogen-bond donors (Lipinski definition) is 1. The summed E-state index contributed by atoms with van der Waals surface area (Å²) < 4.78 is 4.91. The van der Waals surface area contributed by atoms with Crippen LogP contribution >= 0.6 is 0 Å². The summed E-state index contributed by atoms with van der Waals surface area (Å²) in [5.74, 6) is -1.71. The van der Waals surface area contributed by atoms with Crippen LogP contribution in [0.2, 0.25) is 0 Å². The van der Waals surface area contributed by atoms with E-state index >= 15 is 0 Å². The summed E-state index contributed by atoms with van der Waals surface area (Å²) >= 11 is 0. The molecule has 0 rings (SSSR count). The van der Waals surface area contributed by atoms with Gasteiger partial charge in [0.25, 0.3) is 0 Å². The van der Waals surface area contributed by atoms with Crippen LogP contribution < -0.4 is 0 Å². The fourth-order valence-electron chi connectivity index (χ4n) is 2.66. The van der Waals surface area contributed by atoms with E-state index in [-0.39, 0.29) is 40.6 Å². The van der Waals surface area contributed by atoms with Crippen molar-refractivity contribution in [1.82, 2.24) is 0 Å². The first-order valence-corrected chi connectivity index (χ1v) is 9.74. The van der Waals surface area contributed by atoms with Crippen molar-refractivity contribution in [1.29, 1.82) is 0 Å². The molecule has 5 heteroatoms. The topological polar surface area (TPSA) is 63.6 Å². The zero-order valence-corrected chi connectivity index (χ0v) is 18.3. The average molecular weight is 383 g/mol. The normalized spacial score (nSPS) is 10.6. The van der Waals surface area contributed by atoms with Crippen molar-refractivity contribution >= 4 is 49.7 Å². The first-order valence-electron chi connectivity index (χ1n) is 9.74. The molecule has 0 aromatic carbocycles. The van der Waals surface area contributed by atoms with E-state index in [1.165, 1.54) is 77.0 Å². The summed E-state index contributed by atoms with van der Waals surface area (Å²) in [4.78, 5) is 21.3. The van der Waals surface area contributed by atoms with Crippen LogP contribution in [0.3, 0.4) is 0 Å². The Hall–Kier alpha value is -0.0603. The van der Waals surface area contributed by atoms with E-state index in [1.54, 1.807) is 0 Å². The summed E-state index contributed by atoms with van der Waals surface area (Å²) in [6, 6.07) is 0. The van der Waals surface area contributed by atoms with Gasteiger partial charge in [-0.25, -0.2) is 9.59 Å². The van der Waals surface area contributed by atoms with Crippen LogP contribution in [0.5, 0.6) is 0 Å². The minimum atomic E-state index is -1.14. The third-order valence-electron chi connectivity index (χ3n) is 4.10. The number of carbonyl (C=O) groups excluding carboxylic acids is 1. The molecule has 0 atom stereocenters. The van der Waals surface area contributed by atoms with Gasteiger partial charge in [0, 0.05) is 12.2 Å². The SMILES string of the molecule is CCCCCCCCCCCCCCCCOC(=O)C=CC(=O)O.[Ca+2].[H-].[H-]. The zero-order chi connectivity index (χ0) is 17.9. The van der Waals surface area contributed by atoms with Gasteiger partial charge in [0.2, 0.25) is 0 Å². The Bertz CT molecular complexity index is 353. The largest absolute Gasteiger partial charge is 2.00 e. The Kier molecular flexibility index (Phi) is 23.9. The minimum absolute atomic E-state index is 0. The molecule has 0 aliphatic carbocycles. The minimum Gasteiger partial charge on any atom is -1.00 e. The summed E-state index contributed by atoms with van der Waals surface area (Å²) in [7, 11) is 0. The summed E-state index contributed by atoms with van der Waals surface area (Å²) in [5.41, 5.74) is 0. The number of unbranched alkanes of at least 4 members (excludes halogenated alkanes) is 13. The van der Waals surface area contributed by atoms with Crippen LogP contribution in [0.25, 0.3) is 0 Å². The fraction of sp³-hybridized carbons (Fsp3) is 0.800. The van der Waals surface area contributed by atoms with Crippen LogP contribution in [-0.4, -0.2) is 61.4 Å². The van der Waals surface area contributed by atoms with Gasteiger partial charge in [-0.15, -0.1) is 0 Å². The van der Waals surface area contributed by atoms with Crippen LogP contribution in [0.1, 0.15) is 99.7 Å². The predicted molar refractivity (Wildman–Crippen MR) is 106 cm³/mol. The van der Waals surface area contributed by atoms with Gasteiger partial charge < -0.3 is 12.7 Å². The first kappa shape index (κ1) is 27.2. The van der Waals surface area contributed by atoms with E-state index in [9.17, 15) is 9.59 Å². The maximum absolute atomic E-state index is 11.1. The monoisotopic (exact) mass is 382 g/mol. The van der Waals surface area contributed by atoms with Gasteiger partial charge in [-0.3, -0.25) is 0 Å². The van der Waals surface area contributed by atoms with Crippen LogP contribution in [0, 0.1) is 0 Å². The molecule has 0 radical (unpaired) electrons. The number of rotatable bonds is 17. The summed E-state index contributed by atoms with van der Waals surface area (Å²) in [6.07, 6.45) is 19.8. The number of hydrogen-bond acceptors (Lipinski definition) is 3. The molecule has 144 valence electrons. The molecular formula is C20H38CaO4. The quantitative estimate of drug-likeness (QED) is 0.156. The summed E-state index contributed by atoms with van der Waals surface area (Å²) in [5, 5.41) is 8.37. The maximum Gasteiger partial charge on any atom is 2.00 e. The van der Waals surface area contributed by atoms with Crippen molar-refractivity contribution in [3.8, 4) is 0 Å². The van der Waals surface area contributed by atoms with E-state index in [2.05, 4.69) is 6.92 Å². The molecule has 0 heterocycles. The van der Waals surface area contributed by atoms with Crippen molar-refractivity contribution in [3.63, 3.8) is 0 Å². The number of carboxylic acids is 1. The molecule has 4 nitrogen and oxygen atoms in total. The molecule has 0 fully saturated rings. The Morgan fingerprint density at radius 2 is 1.16 bits per heavy atom. The Balaban J connectivity index is -0.000000882. The standard InChI is InChI=1S/C20H36O4.Ca.2H/c1-2-3-4-5-6-7-8-9-10-11-12-13-14-15-18-24-20(23)17-16-19(21)22;;;/h16-17H,2-15,18H2,1H3,(H,21,22);;;/q;+2;2*-1. The van der Waals surface area contributed by atoms with E-state index in [4.69, 9.17) is 9.84 Å². The molecule has 0 aromatic heterocycles. The van der Waals surface area contributed by atoms with E-state index in [0.717, 1.165) is 25.0 Å². The molecule has 25 heavy (non-hydrogen) atoms. The second-order valence-electron chi connectivity index (χ2n) is 6.44. The number of aliphatic carboxylic acids is 1. The molecule has 0 amide bonds. The van der Waals surface area contributed by atoms with Gasteiger partial charge in [0.1, 0.15) is 0 Å². The molecule has 0 aromatic rings. The Morgan fingerprint density at radius 1 is 0.760 bits per heavy atom. The molecule has 0 unspecified atom stereocenters. The molecule has 1 N–H and O–H groups in total. The van der Waals surface area contributed by atoms with Crippen molar-refractivity contribution in [2.75, 3.05) is 6.61 Å². The third kappa shape index (κ3) is 23.9. The first-order chi connectivity index (χ1) is 11.7. The molecule has 0 aliphatic rings. The van der Waals surface area contributed by atoms with Gasteiger partial charge in [-0.1, -0.05) is 90.4 Å². The van der Waals surface area contributed by atoms with Gasteiger partial charge in [0.15, 0.2) is 0 Å². The van der Waals surface area contributed by atoms with Gasteiger partial charge in [-0.2, -0.15) is 0 Å². The second-order valence-corrected chi connectivity index (χ2v) is 6.44. The Morgan fingerprint density at radius 3 is 1.56 bits per heavy atom. The summed E-state index contributed by atoms with van der Waals surface area (Å²) in [6.45, 7) is 2.63. The van der Waals surface area contributed by atoms with Crippen molar-refractivity contribution in [2.45, 2.75) is 96.8 Å². The number of carbonyl (C=O) groups is 2. The number of carboxylic acid groups (broad SMARTS) is 1. The van der Waals surface area contributed by atoms with Crippen molar-refractivity contribution < 1.29 is 22.3 Å². The predicted octanol–water partition coefficient (Wildman–Crippen LogP) is 5.50. The molecule has 0 saturated carbocycles. The van der Waals surface area contributed by atoms with Crippen LogP contribution in [-0.2, 0) is 14.3 Å². The number of ether oxygens (including phenoxy) is 1. The average Bonchev–Trinajstić information content (AvgIpc) is 2.56. The maximum atomic E-state index is 11.1. The van der Waals surface area contributed by atoms with E-state index in [0.29, 0.717) is 6.61 Å². The van der Waals surface area contributed by atoms with Gasteiger partial charge in [-0.05, 0) is 6.42 Å².